The topological polar surface area (TPSA) is 79.7 Å². The van der Waals surface area contributed by atoms with Crippen LogP contribution in [-0.4, -0.2) is 42.1 Å². The monoisotopic (exact) mass is 430 g/mol. The van der Waals surface area contributed by atoms with E-state index in [4.69, 9.17) is 14.2 Å². The Balaban J connectivity index is 1.53. The first-order valence-electron chi connectivity index (χ1n) is 9.98. The highest BCUT2D eigenvalue weighted by Gasteiger charge is 2.18. The quantitative estimate of drug-likeness (QED) is 0.320. The van der Waals surface area contributed by atoms with Gasteiger partial charge in [0.25, 0.3) is 0 Å². The van der Waals surface area contributed by atoms with E-state index in [9.17, 15) is 9.59 Å². The average Bonchev–Trinajstić information content (AvgIpc) is 3.17. The van der Waals surface area contributed by atoms with Gasteiger partial charge in [-0.2, -0.15) is 0 Å². The van der Waals surface area contributed by atoms with Gasteiger partial charge in [-0.25, -0.2) is 9.78 Å². The first kappa shape index (κ1) is 21.1. The van der Waals surface area contributed by atoms with E-state index in [0.717, 1.165) is 17.0 Å². The zero-order valence-electron chi connectivity index (χ0n) is 18.0. The van der Waals surface area contributed by atoms with Gasteiger partial charge in [0.1, 0.15) is 17.3 Å². The highest BCUT2D eigenvalue weighted by atomic mass is 16.5. The number of benzene rings is 3. The standard InChI is InChI=1S/C25H22N2O5/c1-16-26-21-13-17(9-11-22(21)27(16)18-7-5-4-6-8-18)25(29)32-15-23(28)20-14-19(30-2)10-12-24(20)31-3/h4-14H,15H2,1-3H3. The summed E-state index contributed by atoms with van der Waals surface area (Å²) in [6.45, 7) is 1.49. The Labute approximate surface area is 185 Å². The van der Waals surface area contributed by atoms with Crippen molar-refractivity contribution in [3.63, 3.8) is 0 Å². The van der Waals surface area contributed by atoms with Gasteiger partial charge in [0.15, 0.2) is 6.61 Å². The summed E-state index contributed by atoms with van der Waals surface area (Å²) in [4.78, 5) is 29.8. The van der Waals surface area contributed by atoms with Crippen LogP contribution in [0.15, 0.2) is 66.7 Å². The van der Waals surface area contributed by atoms with Crippen molar-refractivity contribution >= 4 is 22.8 Å². The first-order valence-corrected chi connectivity index (χ1v) is 9.98. The molecule has 0 amide bonds. The van der Waals surface area contributed by atoms with E-state index in [1.54, 1.807) is 30.3 Å². The van der Waals surface area contributed by atoms with Gasteiger partial charge < -0.3 is 14.2 Å². The van der Waals surface area contributed by atoms with Crippen molar-refractivity contribution < 1.29 is 23.8 Å². The lowest BCUT2D eigenvalue weighted by Crippen LogP contribution is -2.15. The molecular weight excluding hydrogens is 408 g/mol. The maximum Gasteiger partial charge on any atom is 0.338 e. The molecule has 0 atom stereocenters. The molecule has 1 heterocycles. The van der Waals surface area contributed by atoms with Crippen molar-refractivity contribution in [3.8, 4) is 17.2 Å². The number of imidazole rings is 1. The van der Waals surface area contributed by atoms with Crippen LogP contribution in [0.1, 0.15) is 26.5 Å². The number of fused-ring (bicyclic) bond motifs is 1. The van der Waals surface area contributed by atoms with E-state index in [1.807, 2.05) is 47.9 Å². The van der Waals surface area contributed by atoms with Gasteiger partial charge in [0.05, 0.1) is 36.4 Å². The molecule has 0 unspecified atom stereocenters. The van der Waals surface area contributed by atoms with Crippen LogP contribution in [0.2, 0.25) is 0 Å². The average molecular weight is 430 g/mol. The van der Waals surface area contributed by atoms with Crippen LogP contribution >= 0.6 is 0 Å². The third kappa shape index (κ3) is 4.05. The molecule has 0 fully saturated rings. The molecule has 0 saturated heterocycles. The fraction of sp³-hybridized carbons (Fsp3) is 0.160. The molecule has 32 heavy (non-hydrogen) atoms. The number of ether oxygens (including phenoxy) is 3. The zero-order valence-corrected chi connectivity index (χ0v) is 18.0. The van der Waals surface area contributed by atoms with E-state index < -0.39 is 12.6 Å². The van der Waals surface area contributed by atoms with Crippen molar-refractivity contribution in [2.75, 3.05) is 20.8 Å². The van der Waals surface area contributed by atoms with Crippen LogP contribution in [0.5, 0.6) is 11.5 Å². The third-order valence-corrected chi connectivity index (χ3v) is 5.11. The van der Waals surface area contributed by atoms with Crippen LogP contribution in [0, 0.1) is 6.92 Å². The van der Waals surface area contributed by atoms with Crippen molar-refractivity contribution in [1.82, 2.24) is 9.55 Å². The van der Waals surface area contributed by atoms with Crippen LogP contribution in [0.4, 0.5) is 0 Å². The highest BCUT2D eigenvalue weighted by Crippen LogP contribution is 2.25. The molecule has 0 aliphatic carbocycles. The Kier molecular flexibility index (Phi) is 5.89. The van der Waals surface area contributed by atoms with Gasteiger partial charge in [0.2, 0.25) is 5.78 Å². The van der Waals surface area contributed by atoms with Crippen molar-refractivity contribution in [1.29, 1.82) is 0 Å². The Morgan fingerprint density at radius 2 is 1.72 bits per heavy atom. The molecule has 7 heteroatoms. The molecule has 0 spiro atoms. The molecule has 3 aromatic carbocycles. The number of methoxy groups -OCH3 is 2. The lowest BCUT2D eigenvalue weighted by atomic mass is 10.1. The predicted molar refractivity (Wildman–Crippen MR) is 120 cm³/mol. The summed E-state index contributed by atoms with van der Waals surface area (Å²) in [6.07, 6.45) is 0. The van der Waals surface area contributed by atoms with E-state index in [0.29, 0.717) is 22.6 Å². The van der Waals surface area contributed by atoms with E-state index in [1.165, 1.54) is 14.2 Å². The van der Waals surface area contributed by atoms with Crippen LogP contribution in [0.25, 0.3) is 16.7 Å². The fourth-order valence-corrected chi connectivity index (χ4v) is 3.55. The molecule has 0 saturated carbocycles. The number of rotatable bonds is 7. The van der Waals surface area contributed by atoms with Gasteiger partial charge in [-0.05, 0) is 55.5 Å². The number of aryl methyl sites for hydroxylation is 1. The van der Waals surface area contributed by atoms with Crippen molar-refractivity contribution in [2.45, 2.75) is 6.92 Å². The lowest BCUT2D eigenvalue weighted by molar-refractivity contribution is 0.0474. The zero-order chi connectivity index (χ0) is 22.7. The molecule has 4 aromatic rings. The molecular formula is C25H22N2O5. The van der Waals surface area contributed by atoms with Gasteiger partial charge in [-0.1, -0.05) is 18.2 Å². The molecule has 7 nitrogen and oxygen atoms in total. The Hall–Kier alpha value is -4.13. The van der Waals surface area contributed by atoms with Crippen molar-refractivity contribution in [3.05, 3.63) is 83.7 Å². The Bertz CT molecular complexity index is 1290. The maximum atomic E-state index is 12.6. The number of ketones is 1. The summed E-state index contributed by atoms with van der Waals surface area (Å²) < 4.78 is 17.7. The summed E-state index contributed by atoms with van der Waals surface area (Å²) in [5.41, 5.74) is 3.14. The van der Waals surface area contributed by atoms with Gasteiger partial charge >= 0.3 is 5.97 Å². The molecule has 0 radical (unpaired) electrons. The third-order valence-electron chi connectivity index (χ3n) is 5.11. The van der Waals surface area contributed by atoms with Crippen LogP contribution in [0.3, 0.4) is 0 Å². The molecule has 4 rings (SSSR count). The normalized spacial score (nSPS) is 10.7. The molecule has 0 bridgehead atoms. The summed E-state index contributed by atoms with van der Waals surface area (Å²) in [7, 11) is 2.98. The lowest BCUT2D eigenvalue weighted by Gasteiger charge is -2.10. The molecule has 0 aliphatic heterocycles. The first-order chi connectivity index (χ1) is 15.5. The summed E-state index contributed by atoms with van der Waals surface area (Å²) in [5, 5.41) is 0. The molecule has 1 aromatic heterocycles. The van der Waals surface area contributed by atoms with Crippen molar-refractivity contribution in [2.24, 2.45) is 0 Å². The van der Waals surface area contributed by atoms with Gasteiger partial charge in [-0.3, -0.25) is 9.36 Å². The summed E-state index contributed by atoms with van der Waals surface area (Å²) in [5.74, 6) is 0.705. The number of Topliss-reactive ketones (excluding diaryl/α,β-unsaturated/α-hetero) is 1. The van der Waals surface area contributed by atoms with Crippen LogP contribution < -0.4 is 9.47 Å². The highest BCUT2D eigenvalue weighted by molar-refractivity contribution is 6.02. The minimum absolute atomic E-state index is 0.285. The minimum Gasteiger partial charge on any atom is -0.497 e. The maximum absolute atomic E-state index is 12.6. The van der Waals surface area contributed by atoms with E-state index >= 15 is 0 Å². The number of hydrogen-bond acceptors (Lipinski definition) is 6. The second-order valence-corrected chi connectivity index (χ2v) is 7.10. The Morgan fingerprint density at radius 1 is 0.938 bits per heavy atom. The largest absolute Gasteiger partial charge is 0.497 e. The molecule has 0 aliphatic rings. The number of esters is 1. The fourth-order valence-electron chi connectivity index (χ4n) is 3.55. The van der Waals surface area contributed by atoms with E-state index in [-0.39, 0.29) is 11.3 Å². The number of carbonyl (C=O) groups is 2. The minimum atomic E-state index is -0.603. The second-order valence-electron chi connectivity index (χ2n) is 7.10. The summed E-state index contributed by atoms with van der Waals surface area (Å²) in [6, 6.07) is 19.9. The predicted octanol–water partition coefficient (Wildman–Crippen LogP) is 4.39. The number of aromatic nitrogens is 2. The summed E-state index contributed by atoms with van der Waals surface area (Å²) >= 11 is 0. The van der Waals surface area contributed by atoms with Gasteiger partial charge in [-0.15, -0.1) is 0 Å². The molecule has 0 N–H and O–H groups in total. The van der Waals surface area contributed by atoms with E-state index in [2.05, 4.69) is 4.98 Å². The number of nitrogens with zero attached hydrogens (tertiary/aromatic N) is 2. The second kappa shape index (κ2) is 8.93. The molecule has 162 valence electrons. The Morgan fingerprint density at radius 3 is 2.44 bits per heavy atom. The number of para-hydroxylation sites is 1. The SMILES string of the molecule is COc1ccc(OC)c(C(=O)COC(=O)c2ccc3c(c2)nc(C)n3-c2ccccc2)c1. The number of hydrogen-bond donors (Lipinski definition) is 0. The smallest absolute Gasteiger partial charge is 0.338 e. The van der Waals surface area contributed by atoms with Crippen LogP contribution in [-0.2, 0) is 4.74 Å². The van der Waals surface area contributed by atoms with Gasteiger partial charge in [0, 0.05) is 5.69 Å². The number of carbonyl (C=O) groups excluding carboxylic acids is 2.